The molecule has 2 aromatic rings. The second-order valence-corrected chi connectivity index (χ2v) is 6.85. The zero-order valence-electron chi connectivity index (χ0n) is 14.5. The average molecular weight is 367 g/mol. The van der Waals surface area contributed by atoms with Gasteiger partial charge in [-0.1, -0.05) is 17.7 Å². The normalized spacial score (nSPS) is 13.2. The van der Waals surface area contributed by atoms with Crippen LogP contribution >= 0.6 is 23.7 Å². The molecule has 1 atom stereocenters. The summed E-state index contributed by atoms with van der Waals surface area (Å²) in [6.07, 6.45) is 0.412. The van der Waals surface area contributed by atoms with Gasteiger partial charge in [0.1, 0.15) is 0 Å². The van der Waals surface area contributed by atoms with Crippen LogP contribution in [0.5, 0.6) is 0 Å². The van der Waals surface area contributed by atoms with Gasteiger partial charge in [-0.3, -0.25) is 0 Å². The van der Waals surface area contributed by atoms with Crippen LogP contribution in [0.1, 0.15) is 24.5 Å². The van der Waals surface area contributed by atoms with Gasteiger partial charge in [-0.15, -0.1) is 23.7 Å². The van der Waals surface area contributed by atoms with E-state index in [-0.39, 0.29) is 19.0 Å². The highest BCUT2D eigenvalue weighted by Gasteiger charge is 2.43. The van der Waals surface area contributed by atoms with Gasteiger partial charge >= 0.3 is 5.97 Å². The number of rotatable bonds is 6. The smallest absolute Gasteiger partial charge is 0.331 e. The van der Waals surface area contributed by atoms with E-state index in [2.05, 4.69) is 6.07 Å². The number of ether oxygens (including phenoxy) is 1. The topological polar surface area (TPSA) is 53.3 Å². The summed E-state index contributed by atoms with van der Waals surface area (Å²) in [5.74, 6) is -0.453. The van der Waals surface area contributed by atoms with Crippen LogP contribution in [-0.4, -0.2) is 38.1 Å². The van der Waals surface area contributed by atoms with E-state index in [1.54, 1.807) is 18.3 Å². The summed E-state index contributed by atoms with van der Waals surface area (Å²) in [4.78, 5) is 14.7. The molecule has 0 saturated heterocycles. The van der Waals surface area contributed by atoms with E-state index in [1.807, 2.05) is 49.5 Å². The molecule has 0 N–H and O–H groups in total. The highest BCUT2D eigenvalue weighted by atomic mass is 35.5. The predicted octanol–water partition coefficient (Wildman–Crippen LogP) is 3.91. The van der Waals surface area contributed by atoms with Crippen LogP contribution < -0.4 is 0 Å². The van der Waals surface area contributed by atoms with E-state index in [0.717, 1.165) is 21.2 Å². The summed E-state index contributed by atoms with van der Waals surface area (Å²) < 4.78 is 6.34. The minimum absolute atomic E-state index is 0. The highest BCUT2D eigenvalue weighted by Crippen LogP contribution is 2.38. The van der Waals surface area contributed by atoms with Gasteiger partial charge in [0.15, 0.2) is 5.41 Å². The number of hydrogen-bond acceptors (Lipinski definition) is 5. The molecule has 1 aromatic heterocycles. The molecule has 0 bridgehead atoms. The molecule has 0 spiro atoms. The maximum atomic E-state index is 12.7. The van der Waals surface area contributed by atoms with E-state index < -0.39 is 11.4 Å². The highest BCUT2D eigenvalue weighted by molar-refractivity contribution is 7.17. The molecule has 0 aliphatic carbocycles. The van der Waals surface area contributed by atoms with Crippen LogP contribution in [0, 0.1) is 18.3 Å². The molecule has 1 unspecified atom stereocenters. The van der Waals surface area contributed by atoms with E-state index in [9.17, 15) is 10.1 Å². The van der Waals surface area contributed by atoms with Crippen LogP contribution in [0.25, 0.3) is 10.1 Å². The molecular weight excluding hydrogens is 344 g/mol. The minimum atomic E-state index is -1.26. The average Bonchev–Trinajstić information content (AvgIpc) is 2.92. The van der Waals surface area contributed by atoms with Crippen molar-refractivity contribution in [3.8, 4) is 6.07 Å². The summed E-state index contributed by atoms with van der Waals surface area (Å²) in [7, 11) is 3.87. The van der Waals surface area contributed by atoms with Crippen LogP contribution in [0.2, 0.25) is 0 Å². The van der Waals surface area contributed by atoms with Gasteiger partial charge in [-0.05, 0) is 57.7 Å². The first-order chi connectivity index (χ1) is 10.9. The first kappa shape index (κ1) is 20.4. The lowest BCUT2D eigenvalue weighted by atomic mass is 9.78. The van der Waals surface area contributed by atoms with Gasteiger partial charge in [0, 0.05) is 10.3 Å². The van der Waals surface area contributed by atoms with Gasteiger partial charge in [0.2, 0.25) is 0 Å². The second kappa shape index (κ2) is 8.48. The monoisotopic (exact) mass is 366 g/mol. The van der Waals surface area contributed by atoms with Crippen molar-refractivity contribution in [1.29, 1.82) is 5.26 Å². The van der Waals surface area contributed by atoms with Crippen molar-refractivity contribution < 1.29 is 9.53 Å². The van der Waals surface area contributed by atoms with Crippen LogP contribution in [0.15, 0.2) is 23.6 Å². The third kappa shape index (κ3) is 3.89. The molecule has 0 fully saturated rings. The van der Waals surface area contributed by atoms with E-state index >= 15 is 0 Å². The molecule has 2 rings (SSSR count). The van der Waals surface area contributed by atoms with Crippen molar-refractivity contribution in [2.45, 2.75) is 25.7 Å². The number of nitrogens with zero attached hydrogens (tertiary/aromatic N) is 2. The van der Waals surface area contributed by atoms with Crippen molar-refractivity contribution in [2.75, 3.05) is 27.2 Å². The van der Waals surface area contributed by atoms with Gasteiger partial charge in [0.05, 0.1) is 12.7 Å². The molecule has 6 heteroatoms. The first-order valence-electron chi connectivity index (χ1n) is 7.66. The number of fused-ring (bicyclic) bond motifs is 1. The summed E-state index contributed by atoms with van der Waals surface area (Å²) in [6, 6.07) is 8.40. The van der Waals surface area contributed by atoms with E-state index in [4.69, 9.17) is 4.74 Å². The lowest BCUT2D eigenvalue weighted by Gasteiger charge is -2.26. The van der Waals surface area contributed by atoms with Gasteiger partial charge in [-0.2, -0.15) is 5.26 Å². The van der Waals surface area contributed by atoms with Gasteiger partial charge in [0.25, 0.3) is 0 Å². The Labute approximate surface area is 153 Å². The Morgan fingerprint density at radius 2 is 2.12 bits per heavy atom. The Morgan fingerprint density at radius 1 is 1.42 bits per heavy atom. The SMILES string of the molecule is CCOC(=O)C(C#N)(CCN(C)C)c1csc2ccc(C)cc12.Cl. The molecule has 4 nitrogen and oxygen atoms in total. The number of hydrogen-bond donors (Lipinski definition) is 0. The fourth-order valence-corrected chi connectivity index (χ4v) is 3.64. The molecule has 0 radical (unpaired) electrons. The fourth-order valence-electron chi connectivity index (χ4n) is 2.63. The van der Waals surface area contributed by atoms with Crippen LogP contribution in [-0.2, 0) is 14.9 Å². The molecule has 1 aromatic carbocycles. The number of carbonyl (C=O) groups excluding carboxylic acids is 1. The zero-order valence-corrected chi connectivity index (χ0v) is 16.1. The lowest BCUT2D eigenvalue weighted by Crippen LogP contribution is -2.38. The zero-order chi connectivity index (χ0) is 17.0. The molecular formula is C18H23ClN2O2S. The summed E-state index contributed by atoms with van der Waals surface area (Å²) in [5, 5.41) is 12.8. The van der Waals surface area contributed by atoms with E-state index in [0.29, 0.717) is 13.0 Å². The third-order valence-electron chi connectivity index (χ3n) is 3.94. The Kier molecular flexibility index (Phi) is 7.22. The summed E-state index contributed by atoms with van der Waals surface area (Å²) in [6.45, 7) is 4.68. The summed E-state index contributed by atoms with van der Waals surface area (Å²) >= 11 is 1.56. The van der Waals surface area contributed by atoms with Crippen molar-refractivity contribution in [1.82, 2.24) is 4.90 Å². The second-order valence-electron chi connectivity index (χ2n) is 5.94. The Hall–Kier alpha value is -1.61. The molecule has 0 amide bonds. The Bertz CT molecular complexity index is 751. The number of benzene rings is 1. The number of halogens is 1. The number of carbonyl (C=O) groups is 1. The Morgan fingerprint density at radius 3 is 2.71 bits per heavy atom. The first-order valence-corrected chi connectivity index (χ1v) is 8.54. The lowest BCUT2D eigenvalue weighted by molar-refractivity contribution is -0.148. The van der Waals surface area contributed by atoms with Crippen molar-refractivity contribution in [2.24, 2.45) is 0 Å². The summed E-state index contributed by atoms with van der Waals surface area (Å²) in [5.41, 5.74) is 0.622. The van der Waals surface area contributed by atoms with Crippen LogP contribution in [0.3, 0.4) is 0 Å². The van der Waals surface area contributed by atoms with E-state index in [1.165, 1.54) is 0 Å². The third-order valence-corrected chi connectivity index (χ3v) is 4.90. The fraction of sp³-hybridized carbons (Fsp3) is 0.444. The van der Waals surface area contributed by atoms with Crippen molar-refractivity contribution in [3.63, 3.8) is 0 Å². The molecule has 0 aliphatic rings. The number of nitriles is 1. The quantitative estimate of drug-likeness (QED) is 0.727. The van der Waals surface area contributed by atoms with Crippen molar-refractivity contribution in [3.05, 3.63) is 34.7 Å². The minimum Gasteiger partial charge on any atom is -0.465 e. The van der Waals surface area contributed by atoms with Gasteiger partial charge < -0.3 is 9.64 Å². The molecule has 0 saturated carbocycles. The number of thiophene rings is 1. The largest absolute Gasteiger partial charge is 0.465 e. The molecule has 0 aliphatic heterocycles. The van der Waals surface area contributed by atoms with Crippen molar-refractivity contribution >= 4 is 39.8 Å². The van der Waals surface area contributed by atoms with Crippen LogP contribution in [0.4, 0.5) is 0 Å². The van der Waals surface area contributed by atoms with Gasteiger partial charge in [-0.25, -0.2) is 4.79 Å². The molecule has 130 valence electrons. The predicted molar refractivity (Wildman–Crippen MR) is 101 cm³/mol. The standard InChI is InChI=1S/C18H22N2O2S.ClH/c1-5-22-17(21)18(12-19,8-9-20(3)4)15-11-23-16-7-6-13(2)10-14(15)16;/h6-7,10-11H,5,8-9H2,1-4H3;1H. The maximum absolute atomic E-state index is 12.7. The Balaban J connectivity index is 0.00000288. The number of esters is 1. The maximum Gasteiger partial charge on any atom is 0.331 e. The molecule has 24 heavy (non-hydrogen) atoms. The number of aryl methyl sites for hydroxylation is 1. The molecule has 1 heterocycles.